The molecule has 20 heavy (non-hydrogen) atoms. The Bertz CT molecular complexity index is 493. The normalized spacial score (nSPS) is 11.8. The van der Waals surface area contributed by atoms with Crippen molar-refractivity contribution in [3.05, 3.63) is 28.8 Å². The minimum Gasteiger partial charge on any atom is -0.468 e. The number of halogens is 1. The molecule has 0 aliphatic carbocycles. The van der Waals surface area contributed by atoms with Crippen LogP contribution in [0.5, 0.6) is 0 Å². The summed E-state index contributed by atoms with van der Waals surface area (Å²) in [5, 5.41) is 3.13. The van der Waals surface area contributed by atoms with E-state index in [1.807, 2.05) is 13.8 Å². The topological polar surface area (TPSA) is 55.4 Å². The van der Waals surface area contributed by atoms with Crippen LogP contribution >= 0.6 is 23.4 Å². The van der Waals surface area contributed by atoms with Crippen LogP contribution in [-0.4, -0.2) is 30.0 Å². The molecule has 1 aromatic carbocycles. The highest BCUT2D eigenvalue weighted by atomic mass is 35.5. The maximum absolute atomic E-state index is 11.9. The van der Waals surface area contributed by atoms with Crippen molar-refractivity contribution < 1.29 is 14.3 Å². The van der Waals surface area contributed by atoms with Crippen LogP contribution in [0, 0.1) is 6.92 Å². The minimum atomic E-state index is -0.308. The van der Waals surface area contributed by atoms with Crippen LogP contribution in [0.3, 0.4) is 0 Å². The fourth-order valence-corrected chi connectivity index (χ4v) is 2.73. The van der Waals surface area contributed by atoms with Crippen LogP contribution in [-0.2, 0) is 14.3 Å². The predicted molar refractivity (Wildman–Crippen MR) is 83.4 cm³/mol. The van der Waals surface area contributed by atoms with Gasteiger partial charge in [-0.15, -0.1) is 11.8 Å². The van der Waals surface area contributed by atoms with Gasteiger partial charge < -0.3 is 10.1 Å². The second-order valence-electron chi connectivity index (χ2n) is 4.24. The molecule has 1 unspecified atom stereocenters. The van der Waals surface area contributed by atoms with Crippen LogP contribution in [0.4, 0.5) is 5.69 Å². The molecule has 0 aliphatic rings. The highest BCUT2D eigenvalue weighted by molar-refractivity contribution is 8.01. The summed E-state index contributed by atoms with van der Waals surface area (Å²) in [7, 11) is 1.35. The Morgan fingerprint density at radius 3 is 2.70 bits per heavy atom. The maximum atomic E-state index is 11.9. The van der Waals surface area contributed by atoms with Gasteiger partial charge >= 0.3 is 5.97 Å². The number of carbonyl (C=O) groups excluding carboxylic acids is 2. The molecular formula is C14H18ClNO3S. The number of nitrogens with one attached hydrogen (secondary N) is 1. The number of ether oxygens (including phenoxy) is 1. The van der Waals surface area contributed by atoms with Crippen molar-refractivity contribution in [2.24, 2.45) is 0 Å². The third-order valence-electron chi connectivity index (χ3n) is 2.71. The van der Waals surface area contributed by atoms with E-state index in [0.29, 0.717) is 11.4 Å². The van der Waals surface area contributed by atoms with E-state index < -0.39 is 0 Å². The van der Waals surface area contributed by atoms with Crippen LogP contribution in [0.2, 0.25) is 5.02 Å². The number of methoxy groups -OCH3 is 1. The van der Waals surface area contributed by atoms with E-state index in [2.05, 4.69) is 10.1 Å². The lowest BCUT2D eigenvalue weighted by Crippen LogP contribution is -2.22. The van der Waals surface area contributed by atoms with Gasteiger partial charge in [-0.05, 0) is 37.1 Å². The van der Waals surface area contributed by atoms with Crippen LogP contribution in [0.25, 0.3) is 0 Å². The molecular weight excluding hydrogens is 298 g/mol. The predicted octanol–water partition coefficient (Wildman–Crippen LogP) is 3.27. The van der Waals surface area contributed by atoms with Gasteiger partial charge in [0.1, 0.15) is 5.25 Å². The van der Waals surface area contributed by atoms with Gasteiger partial charge in [0.2, 0.25) is 5.91 Å². The SMILES string of the molecule is CCC(SCC(=O)Nc1ccc(Cl)cc1C)C(=O)OC. The molecule has 0 saturated heterocycles. The number of carbonyl (C=O) groups is 2. The number of aryl methyl sites for hydroxylation is 1. The average molecular weight is 316 g/mol. The summed E-state index contributed by atoms with van der Waals surface area (Å²) in [6.45, 7) is 3.76. The lowest BCUT2D eigenvalue weighted by molar-refractivity contribution is -0.140. The number of benzene rings is 1. The molecule has 6 heteroatoms. The molecule has 1 rings (SSSR count). The zero-order chi connectivity index (χ0) is 15.1. The monoisotopic (exact) mass is 315 g/mol. The average Bonchev–Trinajstić information content (AvgIpc) is 2.42. The minimum absolute atomic E-state index is 0.150. The largest absolute Gasteiger partial charge is 0.468 e. The smallest absolute Gasteiger partial charge is 0.318 e. The molecule has 1 aromatic rings. The van der Waals surface area contributed by atoms with Crippen molar-refractivity contribution in [3.8, 4) is 0 Å². The van der Waals surface area contributed by atoms with Gasteiger partial charge in [0.15, 0.2) is 0 Å². The van der Waals surface area contributed by atoms with Crippen LogP contribution < -0.4 is 5.32 Å². The first kappa shape index (κ1) is 16.9. The zero-order valence-corrected chi connectivity index (χ0v) is 13.3. The van der Waals surface area contributed by atoms with Gasteiger partial charge in [0, 0.05) is 10.7 Å². The van der Waals surface area contributed by atoms with Crippen molar-refractivity contribution >= 4 is 40.9 Å². The van der Waals surface area contributed by atoms with E-state index in [1.54, 1.807) is 18.2 Å². The molecule has 0 aliphatic heterocycles. The molecule has 1 atom stereocenters. The lowest BCUT2D eigenvalue weighted by Gasteiger charge is -2.12. The van der Waals surface area contributed by atoms with Crippen molar-refractivity contribution in [3.63, 3.8) is 0 Å². The summed E-state index contributed by atoms with van der Waals surface area (Å²) < 4.78 is 4.68. The van der Waals surface area contributed by atoms with E-state index in [9.17, 15) is 9.59 Å². The second-order valence-corrected chi connectivity index (χ2v) is 5.87. The number of anilines is 1. The molecule has 0 spiro atoms. The summed E-state index contributed by atoms with van der Waals surface area (Å²) in [6, 6.07) is 5.27. The van der Waals surface area contributed by atoms with Crippen molar-refractivity contribution in [2.75, 3.05) is 18.2 Å². The lowest BCUT2D eigenvalue weighted by atomic mass is 10.2. The van der Waals surface area contributed by atoms with E-state index >= 15 is 0 Å². The molecule has 4 nitrogen and oxygen atoms in total. The van der Waals surface area contributed by atoms with Crippen LogP contribution in [0.1, 0.15) is 18.9 Å². The number of hydrogen-bond donors (Lipinski definition) is 1. The summed E-state index contributed by atoms with van der Waals surface area (Å²) in [6.07, 6.45) is 0.630. The first-order chi connectivity index (χ1) is 9.47. The Labute approximate surface area is 128 Å². The fraction of sp³-hybridized carbons (Fsp3) is 0.429. The summed E-state index contributed by atoms with van der Waals surface area (Å²) in [4.78, 5) is 23.3. The van der Waals surface area contributed by atoms with E-state index in [4.69, 9.17) is 11.6 Å². The van der Waals surface area contributed by atoms with E-state index in [1.165, 1.54) is 18.9 Å². The quantitative estimate of drug-likeness (QED) is 0.819. The second kappa shape index (κ2) is 8.17. The fourth-order valence-electron chi connectivity index (χ4n) is 1.61. The van der Waals surface area contributed by atoms with Crippen molar-refractivity contribution in [2.45, 2.75) is 25.5 Å². The molecule has 0 fully saturated rings. The van der Waals surface area contributed by atoms with Gasteiger partial charge in [-0.1, -0.05) is 18.5 Å². The molecule has 0 bridgehead atoms. The summed E-state index contributed by atoms with van der Waals surface area (Å²) in [5.41, 5.74) is 1.63. The van der Waals surface area contributed by atoms with Gasteiger partial charge in [0.25, 0.3) is 0 Å². The van der Waals surface area contributed by atoms with Crippen molar-refractivity contribution in [1.29, 1.82) is 0 Å². The molecule has 0 radical (unpaired) electrons. The third-order valence-corrected chi connectivity index (χ3v) is 4.31. The molecule has 110 valence electrons. The third kappa shape index (κ3) is 5.06. The van der Waals surface area contributed by atoms with Gasteiger partial charge in [0.05, 0.1) is 12.9 Å². The van der Waals surface area contributed by atoms with Gasteiger partial charge in [-0.3, -0.25) is 9.59 Å². The van der Waals surface area contributed by atoms with Crippen LogP contribution in [0.15, 0.2) is 18.2 Å². The summed E-state index contributed by atoms with van der Waals surface area (Å²) >= 11 is 7.14. The first-order valence-corrected chi connectivity index (χ1v) is 7.66. The Kier molecular flexibility index (Phi) is 6.88. The number of rotatable bonds is 6. The molecule has 1 N–H and O–H groups in total. The van der Waals surface area contributed by atoms with Gasteiger partial charge in [-0.25, -0.2) is 0 Å². The Morgan fingerprint density at radius 2 is 2.15 bits per heavy atom. The summed E-state index contributed by atoms with van der Waals surface area (Å²) in [5.74, 6) is -0.244. The maximum Gasteiger partial charge on any atom is 0.318 e. The van der Waals surface area contributed by atoms with E-state index in [-0.39, 0.29) is 22.9 Å². The standard InChI is InChI=1S/C14H18ClNO3S/c1-4-12(14(18)19-3)20-8-13(17)16-11-6-5-10(15)7-9(11)2/h5-7,12H,4,8H2,1-3H3,(H,16,17). The molecule has 0 aromatic heterocycles. The molecule has 0 saturated carbocycles. The molecule has 0 heterocycles. The Hall–Kier alpha value is -1.20. The van der Waals surface area contributed by atoms with E-state index in [0.717, 1.165) is 11.3 Å². The first-order valence-electron chi connectivity index (χ1n) is 6.23. The molecule has 1 amide bonds. The Morgan fingerprint density at radius 1 is 1.45 bits per heavy atom. The van der Waals surface area contributed by atoms with Crippen molar-refractivity contribution in [1.82, 2.24) is 0 Å². The number of thioether (sulfide) groups is 1. The highest BCUT2D eigenvalue weighted by Crippen LogP contribution is 2.21. The Balaban J connectivity index is 2.53. The number of esters is 1. The highest BCUT2D eigenvalue weighted by Gasteiger charge is 2.18. The number of amides is 1. The number of hydrogen-bond acceptors (Lipinski definition) is 4. The van der Waals surface area contributed by atoms with Gasteiger partial charge in [-0.2, -0.15) is 0 Å². The zero-order valence-electron chi connectivity index (χ0n) is 11.7.